The third-order valence-corrected chi connectivity index (χ3v) is 5.94. The SMILES string of the molecule is Cc1cccc(C)c1C(=O)c1cc2cnc(NN3CCNCC3)nc2n1-c1ccc(F)cc1. The molecule has 4 aromatic rings. The molecule has 2 aromatic carbocycles. The molecule has 2 aromatic heterocycles. The molecule has 0 spiro atoms. The monoisotopic (exact) mass is 444 g/mol. The zero-order valence-corrected chi connectivity index (χ0v) is 18.6. The summed E-state index contributed by atoms with van der Waals surface area (Å²) in [6.07, 6.45) is 1.72. The van der Waals surface area contributed by atoms with Gasteiger partial charge in [-0.3, -0.25) is 14.8 Å². The molecule has 3 heterocycles. The highest BCUT2D eigenvalue weighted by molar-refractivity contribution is 6.12. The van der Waals surface area contributed by atoms with E-state index in [0.29, 0.717) is 28.5 Å². The van der Waals surface area contributed by atoms with Crippen LogP contribution in [0, 0.1) is 19.7 Å². The third kappa shape index (κ3) is 4.10. The van der Waals surface area contributed by atoms with Crippen molar-refractivity contribution >= 4 is 22.8 Å². The fourth-order valence-electron chi connectivity index (χ4n) is 4.28. The van der Waals surface area contributed by atoms with Crippen LogP contribution in [0.1, 0.15) is 27.2 Å². The second-order valence-corrected chi connectivity index (χ2v) is 8.26. The van der Waals surface area contributed by atoms with Gasteiger partial charge in [0.2, 0.25) is 11.7 Å². The fourth-order valence-corrected chi connectivity index (χ4v) is 4.28. The van der Waals surface area contributed by atoms with Crippen LogP contribution in [0.5, 0.6) is 0 Å². The highest BCUT2D eigenvalue weighted by atomic mass is 19.1. The summed E-state index contributed by atoms with van der Waals surface area (Å²) in [5.74, 6) is 0.00926. The second-order valence-electron chi connectivity index (χ2n) is 8.26. The summed E-state index contributed by atoms with van der Waals surface area (Å²) in [6, 6.07) is 13.7. The highest BCUT2D eigenvalue weighted by Gasteiger charge is 2.23. The largest absolute Gasteiger partial charge is 0.314 e. The minimum atomic E-state index is -0.339. The number of aromatic nitrogens is 3. The number of anilines is 1. The van der Waals surface area contributed by atoms with E-state index < -0.39 is 0 Å². The van der Waals surface area contributed by atoms with Gasteiger partial charge in [-0.1, -0.05) is 18.2 Å². The summed E-state index contributed by atoms with van der Waals surface area (Å²) in [5, 5.41) is 6.11. The molecule has 0 bridgehead atoms. The Kier molecular flexibility index (Phi) is 5.62. The van der Waals surface area contributed by atoms with E-state index in [2.05, 4.69) is 20.7 Å². The molecule has 1 saturated heterocycles. The number of ketones is 1. The van der Waals surface area contributed by atoms with Gasteiger partial charge in [0.05, 0.1) is 5.69 Å². The van der Waals surface area contributed by atoms with Gasteiger partial charge in [0.25, 0.3) is 0 Å². The van der Waals surface area contributed by atoms with Gasteiger partial charge in [-0.2, -0.15) is 4.98 Å². The first-order valence-corrected chi connectivity index (χ1v) is 11.0. The number of fused-ring (bicyclic) bond motifs is 1. The van der Waals surface area contributed by atoms with E-state index in [1.165, 1.54) is 12.1 Å². The highest BCUT2D eigenvalue weighted by Crippen LogP contribution is 2.27. The number of carbonyl (C=O) groups is 1. The molecule has 1 aliphatic rings. The van der Waals surface area contributed by atoms with Crippen LogP contribution in [0.15, 0.2) is 54.7 Å². The van der Waals surface area contributed by atoms with Crippen molar-refractivity contribution < 1.29 is 9.18 Å². The summed E-state index contributed by atoms with van der Waals surface area (Å²) in [5.41, 5.74) is 7.44. The average Bonchev–Trinajstić information content (AvgIpc) is 3.19. The number of nitrogens with one attached hydrogen (secondary N) is 2. The zero-order valence-electron chi connectivity index (χ0n) is 18.6. The van der Waals surface area contributed by atoms with Gasteiger partial charge in [0.1, 0.15) is 5.82 Å². The lowest BCUT2D eigenvalue weighted by atomic mass is 9.97. The summed E-state index contributed by atoms with van der Waals surface area (Å²) < 4.78 is 15.5. The Labute approximate surface area is 191 Å². The van der Waals surface area contributed by atoms with E-state index >= 15 is 0 Å². The van der Waals surface area contributed by atoms with Gasteiger partial charge < -0.3 is 5.32 Å². The molecule has 0 aliphatic carbocycles. The van der Waals surface area contributed by atoms with Gasteiger partial charge in [0, 0.05) is 49.0 Å². The van der Waals surface area contributed by atoms with Gasteiger partial charge in [-0.15, -0.1) is 0 Å². The van der Waals surface area contributed by atoms with E-state index in [1.807, 2.05) is 38.1 Å². The molecular weight excluding hydrogens is 419 g/mol. The molecule has 33 heavy (non-hydrogen) atoms. The third-order valence-electron chi connectivity index (χ3n) is 5.94. The number of halogens is 1. The lowest BCUT2D eigenvalue weighted by molar-refractivity contribution is 0.103. The Balaban J connectivity index is 1.65. The van der Waals surface area contributed by atoms with Crippen LogP contribution < -0.4 is 10.7 Å². The second kappa shape index (κ2) is 8.73. The number of aryl methyl sites for hydroxylation is 2. The average molecular weight is 445 g/mol. The molecular formula is C25H25FN6O. The Hall–Kier alpha value is -3.62. The predicted molar refractivity (Wildman–Crippen MR) is 126 cm³/mol. The smallest absolute Gasteiger partial charge is 0.239 e. The molecule has 8 heteroatoms. The maximum atomic E-state index is 13.7. The van der Waals surface area contributed by atoms with Gasteiger partial charge in [-0.25, -0.2) is 14.4 Å². The number of hydrazine groups is 1. The van der Waals surface area contributed by atoms with E-state index in [-0.39, 0.29) is 11.6 Å². The number of piperazine rings is 1. The van der Waals surface area contributed by atoms with Crippen LogP contribution in [0.4, 0.5) is 10.3 Å². The number of hydrogen-bond donors (Lipinski definition) is 2. The molecule has 0 atom stereocenters. The number of carbonyl (C=O) groups excluding carboxylic acids is 1. The van der Waals surface area contributed by atoms with Crippen molar-refractivity contribution in [3.05, 3.63) is 82.9 Å². The number of benzene rings is 2. The van der Waals surface area contributed by atoms with Crippen LogP contribution >= 0.6 is 0 Å². The zero-order chi connectivity index (χ0) is 22.9. The minimum Gasteiger partial charge on any atom is -0.314 e. The van der Waals surface area contributed by atoms with Crippen LogP contribution in [-0.2, 0) is 0 Å². The van der Waals surface area contributed by atoms with Crippen molar-refractivity contribution in [3.63, 3.8) is 0 Å². The van der Waals surface area contributed by atoms with Crippen LogP contribution in [-0.4, -0.2) is 51.5 Å². The van der Waals surface area contributed by atoms with Crippen LogP contribution in [0.2, 0.25) is 0 Å². The Morgan fingerprint density at radius 3 is 2.45 bits per heavy atom. The molecule has 1 fully saturated rings. The molecule has 168 valence electrons. The summed E-state index contributed by atoms with van der Waals surface area (Å²) in [4.78, 5) is 23.0. The van der Waals surface area contributed by atoms with Crippen LogP contribution in [0.25, 0.3) is 16.7 Å². The quantitative estimate of drug-likeness (QED) is 0.458. The van der Waals surface area contributed by atoms with E-state index in [9.17, 15) is 9.18 Å². The molecule has 7 nitrogen and oxygen atoms in total. The first-order valence-electron chi connectivity index (χ1n) is 11.0. The van der Waals surface area contributed by atoms with Crippen molar-refractivity contribution in [2.75, 3.05) is 31.6 Å². The summed E-state index contributed by atoms with van der Waals surface area (Å²) >= 11 is 0. The molecule has 0 radical (unpaired) electrons. The number of nitrogens with zero attached hydrogens (tertiary/aromatic N) is 4. The predicted octanol–water partition coefficient (Wildman–Crippen LogP) is 3.64. The van der Waals surface area contributed by atoms with Gasteiger partial charge in [0.15, 0.2) is 5.65 Å². The van der Waals surface area contributed by atoms with Crippen molar-refractivity contribution in [3.8, 4) is 5.69 Å². The van der Waals surface area contributed by atoms with Gasteiger partial charge in [-0.05, 0) is 55.3 Å². The lowest BCUT2D eigenvalue weighted by Gasteiger charge is -2.27. The summed E-state index contributed by atoms with van der Waals surface area (Å²) in [7, 11) is 0. The first kappa shape index (κ1) is 21.2. The Bertz CT molecular complexity index is 1300. The number of rotatable bonds is 5. The maximum absolute atomic E-state index is 13.7. The minimum absolute atomic E-state index is 0.107. The Morgan fingerprint density at radius 1 is 1.06 bits per heavy atom. The van der Waals surface area contributed by atoms with Crippen molar-refractivity contribution in [1.82, 2.24) is 24.9 Å². The number of hydrogen-bond acceptors (Lipinski definition) is 6. The van der Waals surface area contributed by atoms with E-state index in [4.69, 9.17) is 4.98 Å². The van der Waals surface area contributed by atoms with Gasteiger partial charge >= 0.3 is 0 Å². The molecule has 2 N–H and O–H groups in total. The lowest BCUT2D eigenvalue weighted by Crippen LogP contribution is -2.46. The normalized spacial score (nSPS) is 14.5. The topological polar surface area (TPSA) is 75.1 Å². The van der Waals surface area contributed by atoms with Crippen molar-refractivity contribution in [1.29, 1.82) is 0 Å². The molecule has 0 saturated carbocycles. The first-order chi connectivity index (χ1) is 16.0. The van der Waals surface area contributed by atoms with Crippen molar-refractivity contribution in [2.45, 2.75) is 13.8 Å². The van der Waals surface area contributed by atoms with Crippen LogP contribution in [0.3, 0.4) is 0 Å². The molecule has 1 aliphatic heterocycles. The molecule has 5 rings (SSSR count). The Morgan fingerprint density at radius 2 is 1.76 bits per heavy atom. The van der Waals surface area contributed by atoms with E-state index in [0.717, 1.165) is 42.7 Å². The fraction of sp³-hybridized carbons (Fsp3) is 0.240. The van der Waals surface area contributed by atoms with Crippen molar-refractivity contribution in [2.24, 2.45) is 0 Å². The van der Waals surface area contributed by atoms with E-state index in [1.54, 1.807) is 22.9 Å². The molecule has 0 unspecified atom stereocenters. The standard InChI is InChI=1S/C25H25FN6O/c1-16-4-3-5-17(2)22(16)23(33)21-14-18-15-28-25(30-31-12-10-27-11-13-31)29-24(18)32(21)20-8-6-19(26)7-9-20/h3-9,14-15,27H,10-13H2,1-2H3,(H,28,29,30). The molecule has 0 amide bonds. The maximum Gasteiger partial charge on any atom is 0.239 e. The summed E-state index contributed by atoms with van der Waals surface area (Å²) in [6.45, 7) is 7.29.